The minimum Gasteiger partial charge on any atom is -0.507 e. The average molecular weight is 271 g/mol. The minimum absolute atomic E-state index is 0.0540. The summed E-state index contributed by atoms with van der Waals surface area (Å²) in [7, 11) is 0. The molecule has 0 bridgehead atoms. The Balaban J connectivity index is 1.72. The molecular weight excluding hydrogens is 254 g/mol. The van der Waals surface area contributed by atoms with Crippen molar-refractivity contribution in [3.63, 3.8) is 0 Å². The molecule has 1 saturated heterocycles. The van der Waals surface area contributed by atoms with E-state index in [-0.39, 0.29) is 17.7 Å². The van der Waals surface area contributed by atoms with Crippen LogP contribution in [0.1, 0.15) is 28.9 Å². The third-order valence-electron chi connectivity index (χ3n) is 3.80. The van der Waals surface area contributed by atoms with Crippen molar-refractivity contribution in [1.82, 2.24) is 14.5 Å². The van der Waals surface area contributed by atoms with Gasteiger partial charge >= 0.3 is 0 Å². The van der Waals surface area contributed by atoms with E-state index in [1.807, 2.05) is 23.8 Å². The number of carbonyl (C=O) groups is 1. The first-order chi connectivity index (χ1) is 9.69. The highest BCUT2D eigenvalue weighted by molar-refractivity contribution is 5.97. The van der Waals surface area contributed by atoms with Crippen LogP contribution in [0, 0.1) is 0 Å². The summed E-state index contributed by atoms with van der Waals surface area (Å²) < 4.78 is 2.01. The number of carbonyl (C=O) groups excluding carboxylic acids is 1. The van der Waals surface area contributed by atoms with Crippen LogP contribution in [0.5, 0.6) is 5.75 Å². The lowest BCUT2D eigenvalue weighted by atomic mass is 10.0. The topological polar surface area (TPSA) is 58.4 Å². The van der Waals surface area contributed by atoms with Gasteiger partial charge in [-0.25, -0.2) is 4.98 Å². The number of aryl methyl sites for hydroxylation is 1. The van der Waals surface area contributed by atoms with Gasteiger partial charge in [0.1, 0.15) is 5.75 Å². The van der Waals surface area contributed by atoms with Crippen molar-refractivity contribution >= 4 is 5.91 Å². The normalized spacial score (nSPS) is 15.2. The number of nitrogens with zero attached hydrogens (tertiary/aromatic N) is 3. The Bertz CT molecular complexity index is 616. The number of phenols is 1. The van der Waals surface area contributed by atoms with Crippen LogP contribution in [0.4, 0.5) is 0 Å². The highest BCUT2D eigenvalue weighted by atomic mass is 16.3. The second-order valence-electron chi connectivity index (χ2n) is 5.08. The van der Waals surface area contributed by atoms with Crippen molar-refractivity contribution in [2.45, 2.75) is 19.4 Å². The zero-order valence-corrected chi connectivity index (χ0v) is 11.4. The number of likely N-dealkylation sites (tertiary alicyclic amines) is 1. The van der Waals surface area contributed by atoms with Gasteiger partial charge in [-0.15, -0.1) is 0 Å². The molecule has 3 rings (SSSR count). The summed E-state index contributed by atoms with van der Waals surface area (Å²) in [5, 5.41) is 9.86. The van der Waals surface area contributed by atoms with Gasteiger partial charge < -0.3 is 14.6 Å². The third-order valence-corrected chi connectivity index (χ3v) is 3.80. The second kappa shape index (κ2) is 5.00. The van der Waals surface area contributed by atoms with Crippen LogP contribution in [-0.4, -0.2) is 38.6 Å². The van der Waals surface area contributed by atoms with Crippen LogP contribution in [0.15, 0.2) is 36.9 Å². The first kappa shape index (κ1) is 12.7. The van der Waals surface area contributed by atoms with Crippen LogP contribution in [-0.2, 0) is 6.42 Å². The quantitative estimate of drug-likeness (QED) is 0.926. The maximum absolute atomic E-state index is 12.4. The Hall–Kier alpha value is -2.30. The molecule has 0 saturated carbocycles. The van der Waals surface area contributed by atoms with Crippen LogP contribution in [0.3, 0.4) is 0 Å². The van der Waals surface area contributed by atoms with Crippen molar-refractivity contribution in [1.29, 1.82) is 0 Å². The Morgan fingerprint density at radius 1 is 1.45 bits per heavy atom. The maximum atomic E-state index is 12.4. The fraction of sp³-hybridized carbons (Fsp3) is 0.333. The molecule has 1 N–H and O–H groups in total. The number of imidazole rings is 1. The zero-order chi connectivity index (χ0) is 14.1. The zero-order valence-electron chi connectivity index (χ0n) is 11.4. The lowest BCUT2D eigenvalue weighted by Crippen LogP contribution is -2.50. The molecule has 0 spiro atoms. The molecule has 1 fully saturated rings. The minimum atomic E-state index is -0.103. The van der Waals surface area contributed by atoms with Crippen molar-refractivity contribution < 1.29 is 9.90 Å². The summed E-state index contributed by atoms with van der Waals surface area (Å²) in [6.45, 7) is 3.34. The second-order valence-corrected chi connectivity index (χ2v) is 5.08. The number of rotatable bonds is 3. The van der Waals surface area contributed by atoms with E-state index < -0.39 is 0 Å². The molecule has 1 amide bonds. The van der Waals surface area contributed by atoms with Gasteiger partial charge in [0, 0.05) is 25.5 Å². The molecule has 0 unspecified atom stereocenters. The first-order valence-corrected chi connectivity index (χ1v) is 6.77. The Morgan fingerprint density at radius 2 is 2.25 bits per heavy atom. The van der Waals surface area contributed by atoms with E-state index in [1.165, 1.54) is 0 Å². The van der Waals surface area contributed by atoms with Gasteiger partial charge in [0.2, 0.25) is 0 Å². The van der Waals surface area contributed by atoms with Gasteiger partial charge in [-0.3, -0.25) is 4.79 Å². The Labute approximate surface area is 117 Å². The number of hydrogen-bond donors (Lipinski definition) is 1. The number of hydrogen-bond acceptors (Lipinski definition) is 3. The van der Waals surface area contributed by atoms with Crippen LogP contribution in [0.25, 0.3) is 0 Å². The molecule has 1 aliphatic heterocycles. The largest absolute Gasteiger partial charge is 0.507 e. The van der Waals surface area contributed by atoms with E-state index in [2.05, 4.69) is 4.98 Å². The summed E-state index contributed by atoms with van der Waals surface area (Å²) in [5.74, 6) is -0.0487. The van der Waals surface area contributed by atoms with E-state index in [0.29, 0.717) is 18.7 Å². The van der Waals surface area contributed by atoms with Gasteiger partial charge in [-0.1, -0.05) is 13.0 Å². The van der Waals surface area contributed by atoms with Crippen molar-refractivity contribution in [2.24, 2.45) is 0 Å². The molecule has 5 heteroatoms. The van der Waals surface area contributed by atoms with Crippen molar-refractivity contribution in [3.8, 4) is 5.75 Å². The van der Waals surface area contributed by atoms with Crippen LogP contribution >= 0.6 is 0 Å². The lowest BCUT2D eigenvalue weighted by Gasteiger charge is -2.39. The monoisotopic (exact) mass is 271 g/mol. The Morgan fingerprint density at radius 3 is 2.90 bits per heavy atom. The molecular formula is C15H17N3O2. The number of aromatic nitrogens is 2. The molecule has 1 aromatic carbocycles. The summed E-state index contributed by atoms with van der Waals surface area (Å²) in [5.41, 5.74) is 1.45. The summed E-state index contributed by atoms with van der Waals surface area (Å²) in [6.07, 6.45) is 6.25. The lowest BCUT2D eigenvalue weighted by molar-refractivity contribution is 0.0517. The van der Waals surface area contributed by atoms with Crippen molar-refractivity contribution in [3.05, 3.63) is 48.0 Å². The molecule has 1 aliphatic rings. The van der Waals surface area contributed by atoms with E-state index in [1.54, 1.807) is 29.6 Å². The highest BCUT2D eigenvalue weighted by Crippen LogP contribution is 2.27. The van der Waals surface area contributed by atoms with E-state index >= 15 is 0 Å². The molecule has 2 heterocycles. The van der Waals surface area contributed by atoms with E-state index in [9.17, 15) is 9.90 Å². The molecule has 5 nitrogen and oxygen atoms in total. The van der Waals surface area contributed by atoms with Gasteiger partial charge in [0.05, 0.1) is 17.9 Å². The highest BCUT2D eigenvalue weighted by Gasteiger charge is 2.33. The number of phenolic OH excluding ortho intramolecular Hbond substituents is 1. The molecule has 1 aromatic heterocycles. The summed E-state index contributed by atoms with van der Waals surface area (Å²) in [6, 6.07) is 5.51. The predicted octanol–water partition coefficient (Wildman–Crippen LogP) is 1.85. The molecule has 0 atom stereocenters. The maximum Gasteiger partial charge on any atom is 0.257 e. The predicted molar refractivity (Wildman–Crippen MR) is 74.7 cm³/mol. The van der Waals surface area contributed by atoms with E-state index in [4.69, 9.17) is 0 Å². The average Bonchev–Trinajstić information content (AvgIpc) is 2.91. The number of benzene rings is 1. The van der Waals surface area contributed by atoms with E-state index in [0.717, 1.165) is 12.0 Å². The van der Waals surface area contributed by atoms with Gasteiger partial charge in [-0.2, -0.15) is 0 Å². The molecule has 104 valence electrons. The standard InChI is InChI=1S/C15H17N3O2/c1-2-11-3-4-14(19)13(7-11)15(20)18-8-12(9-18)17-6-5-16-10-17/h3-7,10,12,19H,2,8-9H2,1H3. The molecule has 0 radical (unpaired) electrons. The van der Waals surface area contributed by atoms with Crippen molar-refractivity contribution in [2.75, 3.05) is 13.1 Å². The van der Waals surface area contributed by atoms with Gasteiger partial charge in [-0.05, 0) is 24.1 Å². The molecule has 0 aliphatic carbocycles. The van der Waals surface area contributed by atoms with Gasteiger partial charge in [0.15, 0.2) is 0 Å². The SMILES string of the molecule is CCc1ccc(O)c(C(=O)N2CC(n3ccnc3)C2)c1. The first-order valence-electron chi connectivity index (χ1n) is 6.77. The fourth-order valence-corrected chi connectivity index (χ4v) is 2.44. The molecule has 2 aromatic rings. The molecule has 20 heavy (non-hydrogen) atoms. The fourth-order valence-electron chi connectivity index (χ4n) is 2.44. The van der Waals surface area contributed by atoms with Crippen LogP contribution < -0.4 is 0 Å². The number of aromatic hydroxyl groups is 1. The van der Waals surface area contributed by atoms with Crippen LogP contribution in [0.2, 0.25) is 0 Å². The third kappa shape index (κ3) is 2.15. The summed E-state index contributed by atoms with van der Waals surface area (Å²) >= 11 is 0. The summed E-state index contributed by atoms with van der Waals surface area (Å²) in [4.78, 5) is 18.1. The Kier molecular flexibility index (Phi) is 3.18. The smallest absolute Gasteiger partial charge is 0.257 e. The van der Waals surface area contributed by atoms with Gasteiger partial charge in [0.25, 0.3) is 5.91 Å². The number of amides is 1.